The van der Waals surface area contributed by atoms with Gasteiger partial charge in [-0.15, -0.1) is 11.3 Å². The third kappa shape index (κ3) is 3.08. The van der Waals surface area contributed by atoms with Crippen LogP contribution in [0.5, 0.6) is 5.75 Å². The average molecular weight is 292 g/mol. The average Bonchev–Trinajstić information content (AvgIpc) is 2.94. The Morgan fingerprint density at radius 3 is 2.80 bits per heavy atom. The largest absolute Gasteiger partial charge is 0.495 e. The summed E-state index contributed by atoms with van der Waals surface area (Å²) in [6, 6.07) is 7.72. The van der Waals surface area contributed by atoms with Gasteiger partial charge in [0, 0.05) is 12.4 Å². The standard InChI is InChI=1S/C14H16N2O3S/c1-16(11-6-4-5-7-12(11)18-2)14-15-10(9-20-14)8-13(17)19-3/h4-7,9H,8H2,1-3H3. The van der Waals surface area contributed by atoms with Gasteiger partial charge >= 0.3 is 5.97 Å². The van der Waals surface area contributed by atoms with Crippen LogP contribution in [0.15, 0.2) is 29.6 Å². The van der Waals surface area contributed by atoms with Crippen LogP contribution in [0, 0.1) is 0 Å². The van der Waals surface area contributed by atoms with Gasteiger partial charge in [0.05, 0.1) is 32.0 Å². The summed E-state index contributed by atoms with van der Waals surface area (Å²) in [7, 11) is 4.92. The van der Waals surface area contributed by atoms with E-state index in [-0.39, 0.29) is 12.4 Å². The first kappa shape index (κ1) is 14.3. The van der Waals surface area contributed by atoms with E-state index in [2.05, 4.69) is 9.72 Å². The van der Waals surface area contributed by atoms with E-state index in [9.17, 15) is 4.79 Å². The Kier molecular flexibility index (Phi) is 4.57. The highest BCUT2D eigenvalue weighted by Gasteiger charge is 2.14. The molecule has 5 nitrogen and oxygen atoms in total. The number of hydrogen-bond acceptors (Lipinski definition) is 6. The lowest BCUT2D eigenvalue weighted by atomic mass is 10.3. The molecule has 1 aromatic heterocycles. The van der Waals surface area contributed by atoms with E-state index in [1.807, 2.05) is 41.6 Å². The molecular weight excluding hydrogens is 276 g/mol. The fraction of sp³-hybridized carbons (Fsp3) is 0.286. The Labute approximate surface area is 121 Å². The van der Waals surface area contributed by atoms with Gasteiger partial charge in [0.2, 0.25) is 0 Å². The maximum Gasteiger partial charge on any atom is 0.311 e. The Bertz CT molecular complexity index is 598. The molecule has 2 rings (SSSR count). The summed E-state index contributed by atoms with van der Waals surface area (Å²) >= 11 is 1.48. The van der Waals surface area contributed by atoms with Crippen LogP contribution in [0.25, 0.3) is 0 Å². The smallest absolute Gasteiger partial charge is 0.311 e. The van der Waals surface area contributed by atoms with Crippen LogP contribution >= 0.6 is 11.3 Å². The number of esters is 1. The summed E-state index contributed by atoms with van der Waals surface area (Å²) in [5.41, 5.74) is 1.63. The van der Waals surface area contributed by atoms with E-state index < -0.39 is 0 Å². The number of methoxy groups -OCH3 is 2. The lowest BCUT2D eigenvalue weighted by Gasteiger charge is -2.18. The number of hydrogen-bond donors (Lipinski definition) is 0. The van der Waals surface area contributed by atoms with Crippen molar-refractivity contribution in [2.75, 3.05) is 26.2 Å². The molecule has 0 spiro atoms. The molecule has 0 saturated heterocycles. The van der Waals surface area contributed by atoms with Crippen LogP contribution < -0.4 is 9.64 Å². The van der Waals surface area contributed by atoms with Gasteiger partial charge in [-0.2, -0.15) is 0 Å². The van der Waals surface area contributed by atoms with Crippen molar-refractivity contribution in [1.82, 2.24) is 4.98 Å². The fourth-order valence-electron chi connectivity index (χ4n) is 1.76. The zero-order chi connectivity index (χ0) is 14.5. The van der Waals surface area contributed by atoms with Gasteiger partial charge in [-0.1, -0.05) is 12.1 Å². The predicted octanol–water partition coefficient (Wildman–Crippen LogP) is 2.64. The molecule has 0 bridgehead atoms. The molecule has 0 saturated carbocycles. The van der Waals surface area contributed by atoms with E-state index in [0.29, 0.717) is 5.69 Å². The van der Waals surface area contributed by atoms with Gasteiger partial charge in [-0.25, -0.2) is 4.98 Å². The normalized spacial score (nSPS) is 10.2. The highest BCUT2D eigenvalue weighted by atomic mass is 32.1. The van der Waals surface area contributed by atoms with Crippen LogP contribution in [0.1, 0.15) is 5.69 Å². The molecule has 0 fully saturated rings. The van der Waals surface area contributed by atoms with Crippen molar-refractivity contribution >= 4 is 28.1 Å². The molecule has 1 heterocycles. The minimum Gasteiger partial charge on any atom is -0.495 e. The number of anilines is 2. The quantitative estimate of drug-likeness (QED) is 0.793. The molecule has 0 radical (unpaired) electrons. The number of aromatic nitrogens is 1. The van der Waals surface area contributed by atoms with E-state index in [1.165, 1.54) is 18.4 Å². The first-order valence-electron chi connectivity index (χ1n) is 6.03. The maximum atomic E-state index is 11.2. The van der Waals surface area contributed by atoms with Gasteiger partial charge in [-0.3, -0.25) is 4.79 Å². The van der Waals surface area contributed by atoms with Crippen LogP contribution in [-0.4, -0.2) is 32.2 Å². The van der Waals surface area contributed by atoms with Crippen molar-refractivity contribution in [3.05, 3.63) is 35.3 Å². The zero-order valence-electron chi connectivity index (χ0n) is 11.6. The van der Waals surface area contributed by atoms with Gasteiger partial charge in [-0.05, 0) is 12.1 Å². The number of thiazole rings is 1. The number of nitrogens with zero attached hydrogens (tertiary/aromatic N) is 2. The van der Waals surface area contributed by atoms with Gasteiger partial charge < -0.3 is 14.4 Å². The number of ether oxygens (including phenoxy) is 2. The summed E-state index contributed by atoms with van der Waals surface area (Å²) in [5.74, 6) is 0.488. The molecule has 0 aliphatic heterocycles. The second-order valence-corrected chi connectivity index (χ2v) is 4.94. The van der Waals surface area contributed by atoms with Crippen molar-refractivity contribution in [3.8, 4) is 5.75 Å². The second-order valence-electron chi connectivity index (χ2n) is 4.11. The summed E-state index contributed by atoms with van der Waals surface area (Å²) < 4.78 is 9.97. The monoisotopic (exact) mass is 292 g/mol. The SMILES string of the molecule is COC(=O)Cc1csc(N(C)c2ccccc2OC)n1. The lowest BCUT2D eigenvalue weighted by molar-refractivity contribution is -0.139. The summed E-state index contributed by atoms with van der Waals surface area (Å²) in [6.07, 6.45) is 0.187. The number of para-hydroxylation sites is 2. The second kappa shape index (κ2) is 6.38. The maximum absolute atomic E-state index is 11.2. The van der Waals surface area contributed by atoms with Gasteiger partial charge in [0.15, 0.2) is 5.13 Å². The predicted molar refractivity (Wildman–Crippen MR) is 78.9 cm³/mol. The summed E-state index contributed by atoms with van der Waals surface area (Å²) in [4.78, 5) is 17.6. The molecule has 6 heteroatoms. The lowest BCUT2D eigenvalue weighted by Crippen LogP contribution is -2.11. The topological polar surface area (TPSA) is 51.7 Å². The van der Waals surface area contributed by atoms with Gasteiger partial charge in [0.25, 0.3) is 0 Å². The number of rotatable bonds is 5. The van der Waals surface area contributed by atoms with Crippen LogP contribution in [0.3, 0.4) is 0 Å². The van der Waals surface area contributed by atoms with E-state index in [4.69, 9.17) is 4.74 Å². The van der Waals surface area contributed by atoms with E-state index >= 15 is 0 Å². The Balaban J connectivity index is 2.21. The Hall–Kier alpha value is -2.08. The van der Waals surface area contributed by atoms with Crippen molar-refractivity contribution in [2.24, 2.45) is 0 Å². The molecule has 0 unspecified atom stereocenters. The van der Waals surface area contributed by atoms with Gasteiger partial charge in [0.1, 0.15) is 5.75 Å². The Morgan fingerprint density at radius 2 is 2.10 bits per heavy atom. The zero-order valence-corrected chi connectivity index (χ0v) is 12.4. The first-order chi connectivity index (χ1) is 9.65. The summed E-state index contributed by atoms with van der Waals surface area (Å²) in [5, 5.41) is 2.66. The molecule has 2 aromatic rings. The molecule has 106 valence electrons. The fourth-order valence-corrected chi connectivity index (χ4v) is 2.57. The molecule has 0 atom stereocenters. The number of benzene rings is 1. The molecular formula is C14H16N2O3S. The highest BCUT2D eigenvalue weighted by molar-refractivity contribution is 7.13. The van der Waals surface area contributed by atoms with Crippen molar-refractivity contribution < 1.29 is 14.3 Å². The summed E-state index contributed by atoms with van der Waals surface area (Å²) in [6.45, 7) is 0. The third-order valence-electron chi connectivity index (χ3n) is 2.83. The van der Waals surface area contributed by atoms with Crippen LogP contribution in [0.2, 0.25) is 0 Å². The minimum absolute atomic E-state index is 0.187. The molecule has 0 N–H and O–H groups in total. The number of carbonyl (C=O) groups is 1. The highest BCUT2D eigenvalue weighted by Crippen LogP contribution is 2.33. The van der Waals surface area contributed by atoms with E-state index in [0.717, 1.165) is 16.6 Å². The Morgan fingerprint density at radius 1 is 1.35 bits per heavy atom. The molecule has 0 aliphatic rings. The van der Waals surface area contributed by atoms with Crippen LogP contribution in [-0.2, 0) is 16.0 Å². The van der Waals surface area contributed by atoms with Crippen molar-refractivity contribution in [3.63, 3.8) is 0 Å². The molecule has 0 aliphatic carbocycles. The molecule has 1 aromatic carbocycles. The minimum atomic E-state index is -0.290. The molecule has 0 amide bonds. The first-order valence-corrected chi connectivity index (χ1v) is 6.91. The van der Waals surface area contributed by atoms with Crippen molar-refractivity contribution in [1.29, 1.82) is 0 Å². The third-order valence-corrected chi connectivity index (χ3v) is 3.79. The van der Waals surface area contributed by atoms with E-state index in [1.54, 1.807) is 7.11 Å². The number of carbonyl (C=O) groups excluding carboxylic acids is 1. The van der Waals surface area contributed by atoms with Crippen molar-refractivity contribution in [2.45, 2.75) is 6.42 Å². The molecule has 20 heavy (non-hydrogen) atoms. The van der Waals surface area contributed by atoms with Crippen LogP contribution in [0.4, 0.5) is 10.8 Å².